The molecule has 7 heteroatoms. The van der Waals surface area contributed by atoms with E-state index in [1.807, 2.05) is 19.1 Å². The van der Waals surface area contributed by atoms with Crippen LogP contribution < -0.4 is 0 Å². The van der Waals surface area contributed by atoms with Crippen LogP contribution in [0.2, 0.25) is 5.15 Å². The second-order valence-electron chi connectivity index (χ2n) is 7.09. The summed E-state index contributed by atoms with van der Waals surface area (Å²) in [6.45, 7) is 4.41. The van der Waals surface area contributed by atoms with Crippen molar-refractivity contribution in [1.82, 2.24) is 14.6 Å². The zero-order valence-electron chi connectivity index (χ0n) is 17.8. The minimum Gasteiger partial charge on any atom is -0.466 e. The van der Waals surface area contributed by atoms with Gasteiger partial charge in [-0.15, -0.1) is 0 Å². The maximum absolute atomic E-state index is 11.7. The van der Waals surface area contributed by atoms with Crippen LogP contribution in [0, 0.1) is 0 Å². The molecular weight excluding hydrogens is 418 g/mol. The SMILES string of the molecule is CCOC(=O)CCCCc1c(CSC)nn2c(CC)ccc2c1-c1ccnc(Cl)c1. The van der Waals surface area contributed by atoms with Crippen molar-refractivity contribution >= 4 is 34.8 Å². The number of carbonyl (C=O) groups is 1. The average molecular weight is 446 g/mol. The third-order valence-corrected chi connectivity index (χ3v) is 5.85. The predicted molar refractivity (Wildman–Crippen MR) is 124 cm³/mol. The van der Waals surface area contributed by atoms with E-state index in [1.165, 1.54) is 11.3 Å². The first-order valence-corrected chi connectivity index (χ1v) is 12.1. The lowest BCUT2D eigenvalue weighted by atomic mass is 9.95. The largest absolute Gasteiger partial charge is 0.466 e. The summed E-state index contributed by atoms with van der Waals surface area (Å²) < 4.78 is 7.12. The summed E-state index contributed by atoms with van der Waals surface area (Å²) in [6.07, 6.45) is 7.73. The van der Waals surface area contributed by atoms with Gasteiger partial charge in [-0.25, -0.2) is 9.50 Å². The highest BCUT2D eigenvalue weighted by molar-refractivity contribution is 7.97. The van der Waals surface area contributed by atoms with Crippen molar-refractivity contribution < 1.29 is 9.53 Å². The number of ether oxygens (including phenoxy) is 1. The summed E-state index contributed by atoms with van der Waals surface area (Å²) >= 11 is 8.00. The normalized spacial score (nSPS) is 11.2. The molecule has 0 saturated heterocycles. The lowest BCUT2D eigenvalue weighted by Crippen LogP contribution is -2.09. The Hall–Kier alpha value is -2.05. The maximum Gasteiger partial charge on any atom is 0.305 e. The van der Waals surface area contributed by atoms with Crippen molar-refractivity contribution in [2.75, 3.05) is 12.9 Å². The molecule has 0 aliphatic rings. The molecule has 0 spiro atoms. The van der Waals surface area contributed by atoms with Crippen LogP contribution in [-0.4, -0.2) is 33.4 Å². The van der Waals surface area contributed by atoms with Gasteiger partial charge in [0, 0.05) is 29.6 Å². The van der Waals surface area contributed by atoms with Gasteiger partial charge < -0.3 is 4.74 Å². The number of aryl methyl sites for hydroxylation is 1. The molecule has 0 aromatic carbocycles. The van der Waals surface area contributed by atoms with Crippen molar-refractivity contribution in [3.05, 3.63) is 52.6 Å². The van der Waals surface area contributed by atoms with Crippen LogP contribution in [0.25, 0.3) is 16.6 Å². The number of unbranched alkanes of at least 4 members (excludes halogenated alkanes) is 1. The summed E-state index contributed by atoms with van der Waals surface area (Å²) in [7, 11) is 0. The molecule has 30 heavy (non-hydrogen) atoms. The van der Waals surface area contributed by atoms with Crippen molar-refractivity contribution in [3.63, 3.8) is 0 Å². The molecule has 0 bridgehead atoms. The number of hydrogen-bond donors (Lipinski definition) is 0. The summed E-state index contributed by atoms with van der Waals surface area (Å²) in [6, 6.07) is 8.20. The highest BCUT2D eigenvalue weighted by Gasteiger charge is 2.19. The van der Waals surface area contributed by atoms with Crippen LogP contribution in [0.15, 0.2) is 30.5 Å². The van der Waals surface area contributed by atoms with Gasteiger partial charge in [-0.05, 0) is 74.3 Å². The minimum absolute atomic E-state index is 0.129. The molecule has 3 heterocycles. The van der Waals surface area contributed by atoms with Crippen molar-refractivity contribution in [3.8, 4) is 11.1 Å². The molecule has 0 atom stereocenters. The summed E-state index contributed by atoms with van der Waals surface area (Å²) in [5.41, 5.74) is 6.78. The molecule has 0 radical (unpaired) electrons. The number of thioether (sulfide) groups is 1. The van der Waals surface area contributed by atoms with Gasteiger partial charge in [-0.3, -0.25) is 4.79 Å². The zero-order valence-corrected chi connectivity index (χ0v) is 19.4. The first kappa shape index (κ1) is 22.6. The Bertz CT molecular complexity index is 1020. The maximum atomic E-state index is 11.7. The number of nitrogens with zero attached hydrogens (tertiary/aromatic N) is 3. The highest BCUT2D eigenvalue weighted by atomic mass is 35.5. The number of aromatic nitrogens is 3. The van der Waals surface area contributed by atoms with Gasteiger partial charge in [0.1, 0.15) is 5.15 Å². The first-order valence-electron chi connectivity index (χ1n) is 10.4. The third-order valence-electron chi connectivity index (χ3n) is 5.08. The molecule has 0 unspecified atom stereocenters. The summed E-state index contributed by atoms with van der Waals surface area (Å²) in [5, 5.41) is 5.48. The van der Waals surface area contributed by atoms with Gasteiger partial charge in [0.15, 0.2) is 0 Å². The van der Waals surface area contributed by atoms with Crippen LogP contribution in [-0.2, 0) is 28.1 Å². The van der Waals surface area contributed by atoms with Crippen molar-refractivity contribution in [2.45, 2.75) is 51.7 Å². The standard InChI is InChI=1S/C23H28ClN3O2S/c1-4-17-10-11-20-23(16-12-13-25-21(24)14-16)18(19(15-30-3)26-27(17)20)8-6-7-9-22(28)29-5-2/h10-14H,4-9,15H2,1-3H3. The van der Waals surface area contributed by atoms with Crippen LogP contribution >= 0.6 is 23.4 Å². The molecule has 0 amide bonds. The monoisotopic (exact) mass is 445 g/mol. The molecule has 0 fully saturated rings. The molecule has 5 nitrogen and oxygen atoms in total. The average Bonchev–Trinajstić information content (AvgIpc) is 3.14. The number of rotatable bonds is 10. The summed E-state index contributed by atoms with van der Waals surface area (Å²) in [5.74, 6) is 0.701. The molecule has 0 aliphatic heterocycles. The molecule has 0 aliphatic carbocycles. The quantitative estimate of drug-likeness (QED) is 0.226. The van der Waals surface area contributed by atoms with Gasteiger partial charge in [0.2, 0.25) is 0 Å². The fraction of sp³-hybridized carbons (Fsp3) is 0.435. The molecular formula is C23H28ClN3O2S. The third kappa shape index (κ3) is 5.16. The number of hydrogen-bond acceptors (Lipinski definition) is 5. The Morgan fingerprint density at radius 3 is 2.77 bits per heavy atom. The lowest BCUT2D eigenvalue weighted by molar-refractivity contribution is -0.143. The van der Waals surface area contributed by atoms with E-state index in [0.29, 0.717) is 18.2 Å². The van der Waals surface area contributed by atoms with Crippen LogP contribution in [0.5, 0.6) is 0 Å². The Balaban J connectivity index is 2.04. The van der Waals surface area contributed by atoms with E-state index >= 15 is 0 Å². The van der Waals surface area contributed by atoms with Crippen molar-refractivity contribution in [1.29, 1.82) is 0 Å². The number of pyridine rings is 1. The predicted octanol–water partition coefficient (Wildman–Crippen LogP) is 5.75. The number of fused-ring (bicyclic) bond motifs is 1. The van der Waals surface area contributed by atoms with Gasteiger partial charge in [0.25, 0.3) is 0 Å². The van der Waals surface area contributed by atoms with E-state index in [2.05, 4.69) is 34.8 Å². The van der Waals surface area contributed by atoms with E-state index in [-0.39, 0.29) is 5.97 Å². The summed E-state index contributed by atoms with van der Waals surface area (Å²) in [4.78, 5) is 15.9. The second-order valence-corrected chi connectivity index (χ2v) is 8.34. The molecule has 0 saturated carbocycles. The number of esters is 1. The van der Waals surface area contributed by atoms with E-state index in [4.69, 9.17) is 21.4 Å². The Labute approximate surface area is 187 Å². The number of halogens is 1. The van der Waals surface area contributed by atoms with E-state index in [9.17, 15) is 4.79 Å². The fourth-order valence-electron chi connectivity index (χ4n) is 3.73. The second kappa shape index (κ2) is 10.8. The topological polar surface area (TPSA) is 56.5 Å². The first-order chi connectivity index (χ1) is 14.6. The minimum atomic E-state index is -0.129. The molecule has 3 aromatic heterocycles. The fourth-order valence-corrected chi connectivity index (χ4v) is 4.41. The smallest absolute Gasteiger partial charge is 0.305 e. The number of carbonyl (C=O) groups excluding carboxylic acids is 1. The van der Waals surface area contributed by atoms with Gasteiger partial charge in [-0.1, -0.05) is 18.5 Å². The Morgan fingerprint density at radius 1 is 1.23 bits per heavy atom. The van der Waals surface area contributed by atoms with E-state index < -0.39 is 0 Å². The van der Waals surface area contributed by atoms with Crippen molar-refractivity contribution in [2.24, 2.45) is 0 Å². The van der Waals surface area contributed by atoms with E-state index in [1.54, 1.807) is 18.0 Å². The molecule has 0 N–H and O–H groups in total. The van der Waals surface area contributed by atoms with Gasteiger partial charge in [-0.2, -0.15) is 16.9 Å². The van der Waals surface area contributed by atoms with Gasteiger partial charge >= 0.3 is 5.97 Å². The molecule has 3 aromatic rings. The highest BCUT2D eigenvalue weighted by Crippen LogP contribution is 2.34. The van der Waals surface area contributed by atoms with E-state index in [0.717, 1.165) is 53.8 Å². The molecule has 160 valence electrons. The van der Waals surface area contributed by atoms with Crippen LogP contribution in [0.3, 0.4) is 0 Å². The van der Waals surface area contributed by atoms with Gasteiger partial charge in [0.05, 0.1) is 17.8 Å². The van der Waals surface area contributed by atoms with Crippen LogP contribution in [0.1, 0.15) is 50.1 Å². The molecule has 3 rings (SSSR count). The zero-order chi connectivity index (χ0) is 21.5. The Morgan fingerprint density at radius 2 is 2.07 bits per heavy atom. The Kier molecular flexibility index (Phi) is 8.16. The van der Waals surface area contributed by atoms with Crippen LogP contribution in [0.4, 0.5) is 0 Å². The lowest BCUT2D eigenvalue weighted by Gasteiger charge is -2.17.